The Morgan fingerprint density at radius 2 is 1.90 bits per heavy atom. The number of benzene rings is 2. The summed E-state index contributed by atoms with van der Waals surface area (Å²) in [6, 6.07) is 13.8. The molecule has 4 nitrogen and oxygen atoms in total. The van der Waals surface area contributed by atoms with Crippen LogP contribution in [0.25, 0.3) is 10.9 Å². The number of hydrogen-bond acceptors (Lipinski definition) is 3. The van der Waals surface area contributed by atoms with Gasteiger partial charge in [0, 0.05) is 11.5 Å². The third-order valence-electron chi connectivity index (χ3n) is 3.33. The summed E-state index contributed by atoms with van der Waals surface area (Å²) in [5.41, 5.74) is 2.11. The van der Waals surface area contributed by atoms with Crippen molar-refractivity contribution in [3.63, 3.8) is 0 Å². The third kappa shape index (κ3) is 2.74. The molecule has 3 rings (SSSR count). The second-order valence-electron chi connectivity index (χ2n) is 4.70. The van der Waals surface area contributed by atoms with Crippen LogP contribution >= 0.6 is 15.9 Å². The Morgan fingerprint density at radius 1 is 1.14 bits per heavy atom. The first-order valence-electron chi connectivity index (χ1n) is 6.56. The van der Waals surface area contributed by atoms with Gasteiger partial charge in [0.2, 0.25) is 5.88 Å². The lowest BCUT2D eigenvalue weighted by molar-refractivity contribution is 0.293. The highest BCUT2D eigenvalue weighted by Gasteiger charge is 2.12. The summed E-state index contributed by atoms with van der Waals surface area (Å²) < 4.78 is 13.8. The van der Waals surface area contributed by atoms with Crippen molar-refractivity contribution in [1.29, 1.82) is 0 Å². The van der Waals surface area contributed by atoms with Crippen LogP contribution < -0.4 is 9.47 Å². The number of ether oxygens (including phenoxy) is 2. The van der Waals surface area contributed by atoms with Crippen LogP contribution in [0.15, 0.2) is 46.9 Å². The molecule has 0 fully saturated rings. The quantitative estimate of drug-likeness (QED) is 0.718. The molecule has 1 heterocycles. The van der Waals surface area contributed by atoms with Gasteiger partial charge in [-0.15, -0.1) is 5.10 Å². The molecule has 0 N–H and O–H groups in total. The van der Waals surface area contributed by atoms with Crippen LogP contribution in [-0.4, -0.2) is 16.9 Å². The molecule has 0 aliphatic heterocycles. The van der Waals surface area contributed by atoms with Crippen LogP contribution in [-0.2, 0) is 13.7 Å². The highest BCUT2D eigenvalue weighted by atomic mass is 79.9. The molecule has 0 atom stereocenters. The van der Waals surface area contributed by atoms with Gasteiger partial charge in [0.05, 0.1) is 18.0 Å². The predicted molar refractivity (Wildman–Crippen MR) is 85.7 cm³/mol. The van der Waals surface area contributed by atoms with Crippen molar-refractivity contribution in [3.05, 3.63) is 52.5 Å². The second-order valence-corrected chi connectivity index (χ2v) is 5.55. The van der Waals surface area contributed by atoms with Crippen molar-refractivity contribution in [1.82, 2.24) is 9.78 Å². The molecule has 0 unspecified atom stereocenters. The zero-order valence-corrected chi connectivity index (χ0v) is 13.4. The molecule has 1 aromatic heterocycles. The van der Waals surface area contributed by atoms with Gasteiger partial charge in [-0.05, 0) is 45.8 Å². The Labute approximate surface area is 131 Å². The molecule has 2 aromatic carbocycles. The second kappa shape index (κ2) is 5.77. The lowest BCUT2D eigenvalue weighted by Gasteiger charge is -2.05. The van der Waals surface area contributed by atoms with E-state index in [0.29, 0.717) is 12.5 Å². The molecule has 0 saturated carbocycles. The first-order chi connectivity index (χ1) is 10.2. The molecule has 108 valence electrons. The van der Waals surface area contributed by atoms with Gasteiger partial charge in [-0.1, -0.05) is 18.2 Å². The van der Waals surface area contributed by atoms with Gasteiger partial charge >= 0.3 is 0 Å². The number of aryl methyl sites for hydroxylation is 1. The largest absolute Gasteiger partial charge is 0.497 e. The van der Waals surface area contributed by atoms with Gasteiger partial charge in [-0.2, -0.15) is 0 Å². The number of aromatic nitrogens is 2. The average Bonchev–Trinajstić information content (AvgIpc) is 2.84. The van der Waals surface area contributed by atoms with E-state index in [1.165, 1.54) is 0 Å². The lowest BCUT2D eigenvalue weighted by atomic mass is 10.2. The van der Waals surface area contributed by atoms with Crippen molar-refractivity contribution in [2.45, 2.75) is 6.61 Å². The van der Waals surface area contributed by atoms with Crippen LogP contribution in [0.2, 0.25) is 0 Å². The minimum Gasteiger partial charge on any atom is -0.497 e. The summed E-state index contributed by atoms with van der Waals surface area (Å²) in [7, 11) is 3.57. The highest BCUT2D eigenvalue weighted by molar-refractivity contribution is 9.10. The van der Waals surface area contributed by atoms with E-state index in [1.807, 2.05) is 54.2 Å². The minimum atomic E-state index is 0.470. The molecular weight excluding hydrogens is 332 g/mol. The molecule has 0 amide bonds. The molecule has 0 saturated heterocycles. The van der Waals surface area contributed by atoms with Crippen LogP contribution in [0.1, 0.15) is 5.56 Å². The maximum Gasteiger partial charge on any atom is 0.242 e. The van der Waals surface area contributed by atoms with E-state index in [4.69, 9.17) is 9.47 Å². The van der Waals surface area contributed by atoms with Gasteiger partial charge in [0.25, 0.3) is 0 Å². The van der Waals surface area contributed by atoms with E-state index < -0.39 is 0 Å². The zero-order chi connectivity index (χ0) is 14.8. The van der Waals surface area contributed by atoms with Crippen LogP contribution in [0.4, 0.5) is 0 Å². The predicted octanol–water partition coefficient (Wildman–Crippen LogP) is 3.92. The normalized spacial score (nSPS) is 10.8. The molecule has 0 bridgehead atoms. The molecule has 5 heteroatoms. The summed E-state index contributed by atoms with van der Waals surface area (Å²) in [5.74, 6) is 1.47. The van der Waals surface area contributed by atoms with E-state index in [-0.39, 0.29) is 0 Å². The fraction of sp³-hybridized carbons (Fsp3) is 0.188. The first-order valence-corrected chi connectivity index (χ1v) is 7.35. The van der Waals surface area contributed by atoms with Crippen molar-refractivity contribution < 1.29 is 9.47 Å². The first kappa shape index (κ1) is 13.9. The summed E-state index contributed by atoms with van der Waals surface area (Å²) in [6.45, 7) is 0.470. The molecule has 0 aliphatic rings. The van der Waals surface area contributed by atoms with E-state index in [0.717, 1.165) is 26.7 Å². The molecule has 21 heavy (non-hydrogen) atoms. The Balaban J connectivity index is 1.84. The van der Waals surface area contributed by atoms with E-state index in [1.54, 1.807) is 7.11 Å². The zero-order valence-electron chi connectivity index (χ0n) is 11.8. The number of halogens is 1. The Kier molecular flexibility index (Phi) is 3.84. The summed E-state index contributed by atoms with van der Waals surface area (Å²) in [4.78, 5) is 0. The Hall–Kier alpha value is -2.01. The summed E-state index contributed by atoms with van der Waals surface area (Å²) in [6.07, 6.45) is 0. The van der Waals surface area contributed by atoms with Crippen molar-refractivity contribution in [2.24, 2.45) is 7.05 Å². The maximum atomic E-state index is 5.88. The van der Waals surface area contributed by atoms with Gasteiger partial charge < -0.3 is 9.47 Å². The Morgan fingerprint density at radius 3 is 2.62 bits per heavy atom. The summed E-state index contributed by atoms with van der Waals surface area (Å²) >= 11 is 3.56. The topological polar surface area (TPSA) is 36.3 Å². The number of methoxy groups -OCH3 is 1. The van der Waals surface area contributed by atoms with E-state index in [2.05, 4.69) is 21.0 Å². The van der Waals surface area contributed by atoms with Gasteiger partial charge in [0.1, 0.15) is 12.4 Å². The SMILES string of the molecule is COc1ccc(COc2nn(C)c3cccc(Br)c23)cc1. The lowest BCUT2D eigenvalue weighted by Crippen LogP contribution is -1.97. The van der Waals surface area contributed by atoms with Gasteiger partial charge in [-0.3, -0.25) is 4.68 Å². The summed E-state index contributed by atoms with van der Waals surface area (Å²) in [5, 5.41) is 5.43. The maximum absolute atomic E-state index is 5.88. The fourth-order valence-electron chi connectivity index (χ4n) is 2.21. The number of fused-ring (bicyclic) bond motifs is 1. The highest BCUT2D eigenvalue weighted by Crippen LogP contribution is 2.31. The standard InChI is InChI=1S/C16H15BrN2O2/c1-19-14-5-3-4-13(17)15(14)16(18-19)21-10-11-6-8-12(20-2)9-7-11/h3-9H,10H2,1-2H3. The third-order valence-corrected chi connectivity index (χ3v) is 3.99. The Bertz CT molecular complexity index is 766. The fourth-order valence-corrected chi connectivity index (χ4v) is 2.73. The number of rotatable bonds is 4. The smallest absolute Gasteiger partial charge is 0.242 e. The molecule has 3 aromatic rings. The molecule has 0 spiro atoms. The van der Waals surface area contributed by atoms with E-state index >= 15 is 0 Å². The number of nitrogens with zero attached hydrogens (tertiary/aromatic N) is 2. The van der Waals surface area contributed by atoms with Crippen LogP contribution in [0.5, 0.6) is 11.6 Å². The van der Waals surface area contributed by atoms with Crippen molar-refractivity contribution in [2.75, 3.05) is 7.11 Å². The van der Waals surface area contributed by atoms with Gasteiger partial charge in [0.15, 0.2) is 0 Å². The monoisotopic (exact) mass is 346 g/mol. The molecule has 0 aliphatic carbocycles. The van der Waals surface area contributed by atoms with Crippen molar-refractivity contribution >= 4 is 26.8 Å². The van der Waals surface area contributed by atoms with Crippen LogP contribution in [0.3, 0.4) is 0 Å². The minimum absolute atomic E-state index is 0.470. The van der Waals surface area contributed by atoms with Crippen molar-refractivity contribution in [3.8, 4) is 11.6 Å². The molecular formula is C16H15BrN2O2. The van der Waals surface area contributed by atoms with Gasteiger partial charge in [-0.25, -0.2) is 0 Å². The van der Waals surface area contributed by atoms with Crippen LogP contribution in [0, 0.1) is 0 Å². The number of hydrogen-bond donors (Lipinski definition) is 0. The molecule has 0 radical (unpaired) electrons. The van der Waals surface area contributed by atoms with E-state index in [9.17, 15) is 0 Å². The average molecular weight is 347 g/mol.